The van der Waals surface area contributed by atoms with Crippen LogP contribution >= 0.6 is 0 Å². The minimum Gasteiger partial charge on any atom is -0.374 e. The van der Waals surface area contributed by atoms with Crippen LogP contribution in [0.5, 0.6) is 0 Å². The molecule has 0 saturated carbocycles. The second-order valence-corrected chi connectivity index (χ2v) is 6.93. The number of aryl methyl sites for hydroxylation is 2. The fraction of sp³-hybridized carbons (Fsp3) is 0.300. The summed E-state index contributed by atoms with van der Waals surface area (Å²) in [5, 5.41) is 14.2. The number of carbonyl (C=O) groups is 1. The number of amides is 1. The molecule has 0 fully saturated rings. The van der Waals surface area contributed by atoms with Gasteiger partial charge in [0.05, 0.1) is 5.69 Å². The molecule has 0 unspecified atom stereocenters. The molecule has 1 N–H and O–H groups in total. The molecule has 0 spiro atoms. The van der Waals surface area contributed by atoms with Gasteiger partial charge < -0.3 is 10.2 Å². The first kappa shape index (κ1) is 17.2. The van der Waals surface area contributed by atoms with Gasteiger partial charge >= 0.3 is 0 Å². The fourth-order valence-electron chi connectivity index (χ4n) is 3.56. The number of fused-ring (bicyclic) bond motifs is 1. The van der Waals surface area contributed by atoms with E-state index in [1.807, 2.05) is 19.1 Å². The zero-order chi connectivity index (χ0) is 18.8. The maximum Gasteiger partial charge on any atom is 0.251 e. The zero-order valence-corrected chi connectivity index (χ0v) is 15.5. The van der Waals surface area contributed by atoms with E-state index in [4.69, 9.17) is 0 Å². The zero-order valence-electron chi connectivity index (χ0n) is 15.5. The van der Waals surface area contributed by atoms with Crippen LogP contribution in [-0.2, 0) is 13.0 Å². The number of carbonyl (C=O) groups excluding carboxylic acids is 1. The standard InChI is InChI=1S/C20H22N6O/c1-14-10-17(6-8-18(14)26-13-22-23-24-26)20(27)21-12-15-5-7-19-16(11-15)4-3-9-25(19)2/h5-8,10-11,13H,3-4,9,12H2,1-2H3,(H,21,27). The van der Waals surface area contributed by atoms with Gasteiger partial charge in [-0.25, -0.2) is 4.68 Å². The van der Waals surface area contributed by atoms with E-state index in [2.05, 4.69) is 51.0 Å². The predicted octanol–water partition coefficient (Wildman–Crippen LogP) is 2.28. The molecule has 138 valence electrons. The number of hydrogen-bond donors (Lipinski definition) is 1. The molecule has 7 nitrogen and oxygen atoms in total. The largest absolute Gasteiger partial charge is 0.374 e. The Hall–Kier alpha value is -3.22. The van der Waals surface area contributed by atoms with Crippen molar-refractivity contribution in [1.29, 1.82) is 0 Å². The molecule has 2 heterocycles. The van der Waals surface area contributed by atoms with Crippen LogP contribution in [0.1, 0.15) is 33.5 Å². The summed E-state index contributed by atoms with van der Waals surface area (Å²) in [4.78, 5) is 14.8. The van der Waals surface area contributed by atoms with Crippen molar-refractivity contribution in [3.63, 3.8) is 0 Å². The Bertz CT molecular complexity index is 967. The number of rotatable bonds is 4. The maximum absolute atomic E-state index is 12.5. The van der Waals surface area contributed by atoms with Crippen molar-refractivity contribution >= 4 is 11.6 Å². The Labute approximate surface area is 158 Å². The second-order valence-electron chi connectivity index (χ2n) is 6.93. The number of nitrogens with one attached hydrogen (secondary N) is 1. The second kappa shape index (κ2) is 7.19. The molecule has 1 amide bonds. The van der Waals surface area contributed by atoms with Crippen LogP contribution in [0.25, 0.3) is 5.69 Å². The Morgan fingerprint density at radius 1 is 1.19 bits per heavy atom. The monoisotopic (exact) mass is 362 g/mol. The van der Waals surface area contributed by atoms with E-state index in [1.165, 1.54) is 24.0 Å². The third-order valence-electron chi connectivity index (χ3n) is 5.00. The lowest BCUT2D eigenvalue weighted by Crippen LogP contribution is -2.26. The Balaban J connectivity index is 1.45. The average molecular weight is 362 g/mol. The van der Waals surface area contributed by atoms with Gasteiger partial charge in [0, 0.05) is 31.4 Å². The smallest absolute Gasteiger partial charge is 0.251 e. The summed E-state index contributed by atoms with van der Waals surface area (Å²) >= 11 is 0. The van der Waals surface area contributed by atoms with Gasteiger partial charge in [-0.15, -0.1) is 5.10 Å². The topological polar surface area (TPSA) is 75.9 Å². The molecule has 1 aromatic heterocycles. The van der Waals surface area contributed by atoms with Crippen molar-refractivity contribution < 1.29 is 4.79 Å². The minimum atomic E-state index is -0.0868. The number of benzene rings is 2. The van der Waals surface area contributed by atoms with Crippen molar-refractivity contribution in [3.05, 3.63) is 65.0 Å². The summed E-state index contributed by atoms with van der Waals surface area (Å²) < 4.78 is 1.58. The highest BCUT2D eigenvalue weighted by Crippen LogP contribution is 2.26. The number of tetrazole rings is 1. The van der Waals surface area contributed by atoms with E-state index in [0.29, 0.717) is 12.1 Å². The minimum absolute atomic E-state index is 0.0868. The van der Waals surface area contributed by atoms with Gasteiger partial charge in [0.1, 0.15) is 6.33 Å². The molecule has 0 bridgehead atoms. The average Bonchev–Trinajstić information content (AvgIpc) is 3.20. The van der Waals surface area contributed by atoms with E-state index in [1.54, 1.807) is 10.7 Å². The normalized spacial score (nSPS) is 13.3. The molecule has 0 atom stereocenters. The van der Waals surface area contributed by atoms with Crippen LogP contribution in [-0.4, -0.2) is 39.7 Å². The molecular weight excluding hydrogens is 340 g/mol. The van der Waals surface area contributed by atoms with Crippen LogP contribution in [0.15, 0.2) is 42.7 Å². The van der Waals surface area contributed by atoms with Crippen molar-refractivity contribution in [2.75, 3.05) is 18.5 Å². The highest BCUT2D eigenvalue weighted by atomic mass is 16.1. The molecule has 1 aliphatic rings. The van der Waals surface area contributed by atoms with E-state index >= 15 is 0 Å². The third-order valence-corrected chi connectivity index (χ3v) is 5.00. The molecule has 1 aliphatic heterocycles. The van der Waals surface area contributed by atoms with Gasteiger partial charge in [-0.05, 0) is 71.1 Å². The molecule has 4 rings (SSSR count). The lowest BCUT2D eigenvalue weighted by molar-refractivity contribution is 0.0951. The van der Waals surface area contributed by atoms with Crippen LogP contribution < -0.4 is 10.2 Å². The van der Waals surface area contributed by atoms with Gasteiger partial charge in [0.15, 0.2) is 0 Å². The van der Waals surface area contributed by atoms with Gasteiger partial charge in [-0.3, -0.25) is 4.79 Å². The van der Waals surface area contributed by atoms with Crippen LogP contribution in [0.3, 0.4) is 0 Å². The lowest BCUT2D eigenvalue weighted by atomic mass is 9.99. The Morgan fingerprint density at radius 3 is 2.81 bits per heavy atom. The first-order valence-corrected chi connectivity index (χ1v) is 9.07. The fourth-order valence-corrected chi connectivity index (χ4v) is 3.56. The number of aromatic nitrogens is 4. The van der Waals surface area contributed by atoms with Gasteiger partial charge in [-0.2, -0.15) is 0 Å². The molecule has 0 radical (unpaired) electrons. The summed E-state index contributed by atoms with van der Waals surface area (Å²) in [6.07, 6.45) is 3.81. The van der Waals surface area contributed by atoms with E-state index in [9.17, 15) is 4.79 Å². The molecule has 2 aromatic carbocycles. The first-order chi connectivity index (χ1) is 13.1. The first-order valence-electron chi connectivity index (χ1n) is 9.07. The predicted molar refractivity (Wildman–Crippen MR) is 103 cm³/mol. The maximum atomic E-state index is 12.5. The molecule has 0 saturated heterocycles. The Morgan fingerprint density at radius 2 is 2.04 bits per heavy atom. The van der Waals surface area contributed by atoms with Crippen molar-refractivity contribution in [1.82, 2.24) is 25.5 Å². The van der Waals surface area contributed by atoms with Crippen LogP contribution in [0.4, 0.5) is 5.69 Å². The quantitative estimate of drug-likeness (QED) is 0.771. The summed E-state index contributed by atoms with van der Waals surface area (Å²) in [6.45, 7) is 3.56. The van der Waals surface area contributed by atoms with Gasteiger partial charge in [0.2, 0.25) is 0 Å². The van der Waals surface area contributed by atoms with E-state index in [0.717, 1.165) is 29.8 Å². The van der Waals surface area contributed by atoms with Crippen molar-refractivity contribution in [2.24, 2.45) is 0 Å². The van der Waals surface area contributed by atoms with Crippen molar-refractivity contribution in [3.8, 4) is 5.69 Å². The van der Waals surface area contributed by atoms with Gasteiger partial charge in [-0.1, -0.05) is 12.1 Å². The summed E-state index contributed by atoms with van der Waals surface area (Å²) in [6, 6.07) is 12.0. The van der Waals surface area contributed by atoms with Crippen LogP contribution in [0.2, 0.25) is 0 Å². The summed E-state index contributed by atoms with van der Waals surface area (Å²) in [5.74, 6) is -0.0868. The van der Waals surface area contributed by atoms with E-state index in [-0.39, 0.29) is 5.91 Å². The molecule has 0 aliphatic carbocycles. The molecule has 27 heavy (non-hydrogen) atoms. The number of nitrogens with zero attached hydrogens (tertiary/aromatic N) is 5. The summed E-state index contributed by atoms with van der Waals surface area (Å²) in [5.41, 5.74) is 6.20. The van der Waals surface area contributed by atoms with Crippen molar-refractivity contribution in [2.45, 2.75) is 26.3 Å². The molecule has 3 aromatic rings. The SMILES string of the molecule is Cc1cc(C(=O)NCc2ccc3c(c2)CCCN3C)ccc1-n1cnnn1. The molecule has 7 heteroatoms. The van der Waals surface area contributed by atoms with Gasteiger partial charge in [0.25, 0.3) is 5.91 Å². The van der Waals surface area contributed by atoms with Crippen LogP contribution in [0, 0.1) is 6.92 Å². The lowest BCUT2D eigenvalue weighted by Gasteiger charge is -2.27. The van der Waals surface area contributed by atoms with E-state index < -0.39 is 0 Å². The number of anilines is 1. The Kier molecular flexibility index (Phi) is 4.58. The molecular formula is C20H22N6O. The highest BCUT2D eigenvalue weighted by Gasteiger charge is 2.14. The number of hydrogen-bond acceptors (Lipinski definition) is 5. The summed E-state index contributed by atoms with van der Waals surface area (Å²) in [7, 11) is 2.13. The highest BCUT2D eigenvalue weighted by molar-refractivity contribution is 5.94. The third kappa shape index (κ3) is 3.53.